The number of nitrogens with zero attached hydrogens (tertiary/aromatic N) is 3. The summed E-state index contributed by atoms with van der Waals surface area (Å²) in [5, 5.41) is 4.22. The number of aryl methyl sites for hydroxylation is 2. The Hall–Kier alpha value is -2.17. The van der Waals surface area contributed by atoms with Crippen LogP contribution >= 0.6 is 0 Å². The van der Waals surface area contributed by atoms with Gasteiger partial charge in [0.15, 0.2) is 6.29 Å². The summed E-state index contributed by atoms with van der Waals surface area (Å²) in [6.07, 6.45) is 2.23. The van der Waals surface area contributed by atoms with Crippen LogP contribution in [0.2, 0.25) is 0 Å². The molecule has 2 rings (SSSR count). The van der Waals surface area contributed by atoms with Crippen LogP contribution in [-0.4, -0.2) is 21.1 Å². The fraction of sp³-hybridized carbons (Fsp3) is 0.250. The highest BCUT2D eigenvalue weighted by atomic mass is 16.5. The average molecular weight is 231 g/mol. The van der Waals surface area contributed by atoms with Gasteiger partial charge in [0.2, 0.25) is 5.88 Å². The molecule has 2 heterocycles. The van der Waals surface area contributed by atoms with Crippen molar-refractivity contribution < 1.29 is 9.53 Å². The summed E-state index contributed by atoms with van der Waals surface area (Å²) in [6.45, 7) is 2.34. The van der Waals surface area contributed by atoms with E-state index >= 15 is 0 Å². The summed E-state index contributed by atoms with van der Waals surface area (Å²) in [5.41, 5.74) is 2.47. The van der Waals surface area contributed by atoms with Crippen molar-refractivity contribution in [2.75, 3.05) is 0 Å². The Kier molecular flexibility index (Phi) is 3.18. The highest BCUT2D eigenvalue weighted by molar-refractivity contribution is 5.73. The monoisotopic (exact) mass is 231 g/mol. The van der Waals surface area contributed by atoms with E-state index in [0.29, 0.717) is 18.1 Å². The number of pyridine rings is 1. The summed E-state index contributed by atoms with van der Waals surface area (Å²) in [7, 11) is 1.87. The standard InChI is InChI=1S/C12H13N3O2/c1-9-5-11(15(2)14-9)8-17-12-4-3-10(7-16)6-13-12/h3-7H,8H2,1-2H3. The summed E-state index contributed by atoms with van der Waals surface area (Å²) >= 11 is 0. The molecule has 0 radical (unpaired) electrons. The lowest BCUT2D eigenvalue weighted by Crippen LogP contribution is -2.03. The predicted octanol–water partition coefficient (Wildman–Crippen LogP) is 1.52. The van der Waals surface area contributed by atoms with Crippen LogP contribution in [0.1, 0.15) is 21.7 Å². The van der Waals surface area contributed by atoms with Crippen molar-refractivity contribution in [3.63, 3.8) is 0 Å². The summed E-state index contributed by atoms with van der Waals surface area (Å²) in [6, 6.07) is 5.30. The third-order valence-corrected chi connectivity index (χ3v) is 2.36. The van der Waals surface area contributed by atoms with Gasteiger partial charge in [-0.05, 0) is 19.1 Å². The molecular weight excluding hydrogens is 218 g/mol. The van der Waals surface area contributed by atoms with E-state index in [2.05, 4.69) is 10.1 Å². The number of hydrogen-bond acceptors (Lipinski definition) is 4. The third-order valence-electron chi connectivity index (χ3n) is 2.36. The van der Waals surface area contributed by atoms with E-state index in [1.807, 2.05) is 20.0 Å². The Bertz CT molecular complexity index is 517. The molecule has 0 N–H and O–H groups in total. The molecule has 5 nitrogen and oxygen atoms in total. The smallest absolute Gasteiger partial charge is 0.213 e. The second-order valence-electron chi connectivity index (χ2n) is 3.74. The van der Waals surface area contributed by atoms with Crippen molar-refractivity contribution in [3.05, 3.63) is 41.3 Å². The van der Waals surface area contributed by atoms with Gasteiger partial charge in [0.1, 0.15) is 6.61 Å². The van der Waals surface area contributed by atoms with Gasteiger partial charge in [-0.25, -0.2) is 4.98 Å². The van der Waals surface area contributed by atoms with E-state index in [9.17, 15) is 4.79 Å². The molecule has 0 fully saturated rings. The molecule has 0 saturated carbocycles. The van der Waals surface area contributed by atoms with E-state index in [1.54, 1.807) is 16.8 Å². The second-order valence-corrected chi connectivity index (χ2v) is 3.74. The van der Waals surface area contributed by atoms with Crippen molar-refractivity contribution in [2.45, 2.75) is 13.5 Å². The molecule has 0 atom stereocenters. The van der Waals surface area contributed by atoms with E-state index in [-0.39, 0.29) is 0 Å². The Morgan fingerprint density at radius 1 is 1.47 bits per heavy atom. The molecular formula is C12H13N3O2. The molecule has 0 unspecified atom stereocenters. The lowest BCUT2D eigenvalue weighted by atomic mass is 10.3. The Labute approximate surface area is 99.1 Å². The zero-order chi connectivity index (χ0) is 12.3. The van der Waals surface area contributed by atoms with Gasteiger partial charge in [-0.1, -0.05) is 0 Å². The van der Waals surface area contributed by atoms with Gasteiger partial charge < -0.3 is 4.74 Å². The van der Waals surface area contributed by atoms with Crippen molar-refractivity contribution >= 4 is 6.29 Å². The fourth-order valence-electron chi connectivity index (χ4n) is 1.49. The SMILES string of the molecule is Cc1cc(COc2ccc(C=O)cn2)n(C)n1. The molecule has 0 aromatic carbocycles. The molecule has 88 valence electrons. The van der Waals surface area contributed by atoms with Crippen molar-refractivity contribution in [3.8, 4) is 5.88 Å². The fourth-order valence-corrected chi connectivity index (χ4v) is 1.49. The lowest BCUT2D eigenvalue weighted by Gasteiger charge is -2.05. The first-order valence-electron chi connectivity index (χ1n) is 5.22. The zero-order valence-corrected chi connectivity index (χ0v) is 9.75. The van der Waals surface area contributed by atoms with Crippen LogP contribution in [0.4, 0.5) is 0 Å². The molecule has 0 aliphatic carbocycles. The van der Waals surface area contributed by atoms with Crippen molar-refractivity contribution in [1.29, 1.82) is 0 Å². The number of ether oxygens (including phenoxy) is 1. The Balaban J connectivity index is 2.02. The molecule has 2 aromatic heterocycles. The number of carbonyl (C=O) groups is 1. The molecule has 0 saturated heterocycles. The van der Waals surface area contributed by atoms with Gasteiger partial charge in [-0.3, -0.25) is 9.48 Å². The first-order valence-corrected chi connectivity index (χ1v) is 5.22. The molecule has 0 bridgehead atoms. The average Bonchev–Trinajstić information content (AvgIpc) is 2.66. The number of hydrogen-bond donors (Lipinski definition) is 0. The number of aromatic nitrogens is 3. The molecule has 17 heavy (non-hydrogen) atoms. The largest absolute Gasteiger partial charge is 0.471 e. The van der Waals surface area contributed by atoms with Crippen LogP contribution in [0.25, 0.3) is 0 Å². The first-order chi connectivity index (χ1) is 8.19. The predicted molar refractivity (Wildman–Crippen MR) is 61.9 cm³/mol. The first kappa shape index (κ1) is 11.3. The number of carbonyl (C=O) groups excluding carboxylic acids is 1. The topological polar surface area (TPSA) is 57.0 Å². The van der Waals surface area contributed by atoms with E-state index in [4.69, 9.17) is 4.74 Å². The summed E-state index contributed by atoms with van der Waals surface area (Å²) < 4.78 is 7.27. The lowest BCUT2D eigenvalue weighted by molar-refractivity contribution is 0.112. The van der Waals surface area contributed by atoms with Crippen LogP contribution in [-0.2, 0) is 13.7 Å². The summed E-state index contributed by atoms with van der Waals surface area (Å²) in [5.74, 6) is 0.495. The maximum absolute atomic E-state index is 10.5. The minimum absolute atomic E-state index is 0.408. The molecule has 0 aliphatic heterocycles. The molecule has 5 heteroatoms. The van der Waals surface area contributed by atoms with Crippen LogP contribution in [0.5, 0.6) is 5.88 Å². The van der Waals surface area contributed by atoms with Crippen LogP contribution in [0, 0.1) is 6.92 Å². The van der Waals surface area contributed by atoms with Crippen molar-refractivity contribution in [1.82, 2.24) is 14.8 Å². The minimum atomic E-state index is 0.408. The van der Waals surface area contributed by atoms with Crippen molar-refractivity contribution in [2.24, 2.45) is 7.05 Å². The van der Waals surface area contributed by atoms with E-state index in [1.165, 1.54) is 6.20 Å². The Morgan fingerprint density at radius 3 is 2.82 bits per heavy atom. The number of rotatable bonds is 4. The highest BCUT2D eigenvalue weighted by Gasteiger charge is 2.03. The van der Waals surface area contributed by atoms with Gasteiger partial charge in [-0.2, -0.15) is 5.10 Å². The van der Waals surface area contributed by atoms with Gasteiger partial charge in [0, 0.05) is 24.9 Å². The maximum atomic E-state index is 10.5. The zero-order valence-electron chi connectivity index (χ0n) is 9.75. The molecule has 2 aromatic rings. The maximum Gasteiger partial charge on any atom is 0.213 e. The van der Waals surface area contributed by atoms with E-state index in [0.717, 1.165) is 17.7 Å². The van der Waals surface area contributed by atoms with Crippen LogP contribution in [0.15, 0.2) is 24.4 Å². The molecule has 0 aliphatic rings. The van der Waals surface area contributed by atoms with Gasteiger partial charge >= 0.3 is 0 Å². The molecule has 0 spiro atoms. The summed E-state index contributed by atoms with van der Waals surface area (Å²) in [4.78, 5) is 14.5. The number of aldehydes is 1. The van der Waals surface area contributed by atoms with Gasteiger partial charge in [0.05, 0.1) is 11.4 Å². The normalized spacial score (nSPS) is 10.2. The van der Waals surface area contributed by atoms with Gasteiger partial charge in [-0.15, -0.1) is 0 Å². The van der Waals surface area contributed by atoms with Crippen LogP contribution < -0.4 is 4.74 Å². The Morgan fingerprint density at radius 2 is 2.29 bits per heavy atom. The quantitative estimate of drug-likeness (QED) is 0.748. The highest BCUT2D eigenvalue weighted by Crippen LogP contribution is 2.10. The van der Waals surface area contributed by atoms with E-state index < -0.39 is 0 Å². The van der Waals surface area contributed by atoms with Crippen LogP contribution in [0.3, 0.4) is 0 Å². The molecule has 0 amide bonds. The second kappa shape index (κ2) is 4.78. The minimum Gasteiger partial charge on any atom is -0.471 e. The third kappa shape index (κ3) is 2.69. The van der Waals surface area contributed by atoms with Gasteiger partial charge in [0.25, 0.3) is 0 Å².